The van der Waals surface area contributed by atoms with E-state index < -0.39 is 33.0 Å². The maximum atomic E-state index is 13.4. The molecule has 1 aromatic heterocycles. The summed E-state index contributed by atoms with van der Waals surface area (Å²) in [6, 6.07) is 18.7. The molecule has 0 saturated heterocycles. The van der Waals surface area contributed by atoms with Crippen LogP contribution in [0.5, 0.6) is 0 Å². The molecule has 184 valence electrons. The number of benzene rings is 2. The van der Waals surface area contributed by atoms with Gasteiger partial charge in [-0.1, -0.05) is 54.1 Å². The molecule has 2 atom stereocenters. The average Bonchev–Trinajstić information content (AvgIpc) is 3.21. The van der Waals surface area contributed by atoms with E-state index in [1.807, 2.05) is 0 Å². The standard InChI is InChI=1S/C24H23ClN2O6S2/c1-2-33-22(30)26-15-23(17-6-4-3-5-7-17)14-24(23,21(28)29)27-35(31,32)20-13-12-19(34-20)16-8-10-18(25)11-9-16/h3-13,27H,2,14-15H2,1H3,(H,26,30)(H,28,29)/t23-,24+/m1/s1. The molecule has 1 aliphatic carbocycles. The highest BCUT2D eigenvalue weighted by Crippen LogP contribution is 2.58. The van der Waals surface area contributed by atoms with E-state index in [-0.39, 0.29) is 23.8 Å². The smallest absolute Gasteiger partial charge is 0.407 e. The summed E-state index contributed by atoms with van der Waals surface area (Å²) in [5.74, 6) is -1.33. The quantitative estimate of drug-likeness (QED) is 0.377. The summed E-state index contributed by atoms with van der Waals surface area (Å²) in [7, 11) is -4.21. The molecule has 8 nitrogen and oxygen atoms in total. The van der Waals surface area contributed by atoms with Crippen LogP contribution in [0, 0.1) is 0 Å². The van der Waals surface area contributed by atoms with Gasteiger partial charge in [0.25, 0.3) is 10.0 Å². The third-order valence-electron chi connectivity index (χ3n) is 6.04. The van der Waals surface area contributed by atoms with Gasteiger partial charge in [0.1, 0.15) is 9.75 Å². The van der Waals surface area contributed by atoms with Crippen molar-refractivity contribution in [3.8, 4) is 10.4 Å². The minimum Gasteiger partial charge on any atom is -0.480 e. The van der Waals surface area contributed by atoms with Crippen molar-refractivity contribution in [2.45, 2.75) is 28.5 Å². The van der Waals surface area contributed by atoms with E-state index in [9.17, 15) is 23.1 Å². The first-order valence-electron chi connectivity index (χ1n) is 10.7. The molecule has 1 heterocycles. The minimum atomic E-state index is -4.21. The highest BCUT2D eigenvalue weighted by Gasteiger charge is 2.75. The normalized spacial score (nSPS) is 21.3. The van der Waals surface area contributed by atoms with Crippen LogP contribution in [-0.4, -0.2) is 44.3 Å². The largest absolute Gasteiger partial charge is 0.480 e. The molecule has 2 aromatic carbocycles. The number of carbonyl (C=O) groups excluding carboxylic acids is 1. The number of carboxylic acid groups (broad SMARTS) is 1. The van der Waals surface area contributed by atoms with Gasteiger partial charge < -0.3 is 15.2 Å². The number of hydrogen-bond acceptors (Lipinski definition) is 6. The number of carbonyl (C=O) groups is 2. The fraction of sp³-hybridized carbons (Fsp3) is 0.250. The molecular weight excluding hydrogens is 512 g/mol. The SMILES string of the molecule is CCOC(=O)NC[C@@]1(c2ccccc2)C[C@]1(NS(=O)(=O)c1ccc(-c2ccc(Cl)cc2)s1)C(=O)O. The molecule has 1 saturated carbocycles. The molecule has 0 unspecified atom stereocenters. The number of thiophene rings is 1. The van der Waals surface area contributed by atoms with Gasteiger partial charge in [-0.3, -0.25) is 4.79 Å². The summed E-state index contributed by atoms with van der Waals surface area (Å²) < 4.78 is 34.0. The Bertz CT molecular complexity index is 1340. The lowest BCUT2D eigenvalue weighted by Gasteiger charge is -2.24. The van der Waals surface area contributed by atoms with E-state index in [0.29, 0.717) is 15.5 Å². The van der Waals surface area contributed by atoms with Gasteiger partial charge in [0.15, 0.2) is 0 Å². The van der Waals surface area contributed by atoms with Crippen LogP contribution >= 0.6 is 22.9 Å². The van der Waals surface area contributed by atoms with Crippen molar-refractivity contribution in [1.29, 1.82) is 0 Å². The Morgan fingerprint density at radius 2 is 1.77 bits per heavy atom. The monoisotopic (exact) mass is 534 g/mol. The van der Waals surface area contributed by atoms with Crippen LogP contribution in [0.1, 0.15) is 18.9 Å². The molecule has 4 rings (SSSR count). The molecule has 3 N–H and O–H groups in total. The second-order valence-corrected chi connectivity index (χ2v) is 11.6. The Kier molecular flexibility index (Phi) is 6.92. The van der Waals surface area contributed by atoms with Gasteiger partial charge in [-0.15, -0.1) is 11.3 Å². The van der Waals surface area contributed by atoms with E-state index >= 15 is 0 Å². The molecule has 35 heavy (non-hydrogen) atoms. The molecule has 0 aliphatic heterocycles. The third-order valence-corrected chi connectivity index (χ3v) is 9.42. The Morgan fingerprint density at radius 3 is 2.40 bits per heavy atom. The highest BCUT2D eigenvalue weighted by molar-refractivity contribution is 7.91. The summed E-state index contributed by atoms with van der Waals surface area (Å²) in [4.78, 5) is 25.2. The molecule has 0 spiro atoms. The number of hydrogen-bond donors (Lipinski definition) is 3. The fourth-order valence-electron chi connectivity index (χ4n) is 4.21. The van der Waals surface area contributed by atoms with Crippen molar-refractivity contribution in [3.63, 3.8) is 0 Å². The van der Waals surface area contributed by atoms with Crippen molar-refractivity contribution in [2.75, 3.05) is 13.2 Å². The molecular formula is C24H23ClN2O6S2. The fourth-order valence-corrected chi connectivity index (χ4v) is 7.07. The van der Waals surface area contributed by atoms with Gasteiger partial charge in [0.05, 0.1) is 6.61 Å². The van der Waals surface area contributed by atoms with Gasteiger partial charge in [0.2, 0.25) is 0 Å². The first-order chi connectivity index (χ1) is 16.6. The number of sulfonamides is 1. The van der Waals surface area contributed by atoms with E-state index in [1.165, 1.54) is 6.07 Å². The number of nitrogens with one attached hydrogen (secondary N) is 2. The second kappa shape index (κ2) is 9.62. The number of halogens is 1. The van der Waals surface area contributed by atoms with Gasteiger partial charge in [0, 0.05) is 21.9 Å². The van der Waals surface area contributed by atoms with Gasteiger partial charge in [-0.05, 0) is 48.7 Å². The number of carboxylic acids is 1. The average molecular weight is 535 g/mol. The van der Waals surface area contributed by atoms with Crippen LogP contribution in [-0.2, 0) is 25.0 Å². The van der Waals surface area contributed by atoms with Crippen molar-refractivity contribution in [3.05, 3.63) is 77.3 Å². The van der Waals surface area contributed by atoms with Crippen molar-refractivity contribution in [1.82, 2.24) is 10.0 Å². The van der Waals surface area contributed by atoms with Crippen molar-refractivity contribution >= 4 is 45.0 Å². The minimum absolute atomic E-state index is 0.0183. The number of alkyl carbamates (subject to hydrolysis) is 1. The zero-order valence-electron chi connectivity index (χ0n) is 18.7. The van der Waals surface area contributed by atoms with Crippen LogP contribution < -0.4 is 10.0 Å². The van der Waals surface area contributed by atoms with Gasteiger partial charge in [-0.2, -0.15) is 4.72 Å². The number of amides is 1. The topological polar surface area (TPSA) is 122 Å². The predicted molar refractivity (Wildman–Crippen MR) is 133 cm³/mol. The predicted octanol–water partition coefficient (Wildman–Crippen LogP) is 4.26. The summed E-state index contributed by atoms with van der Waals surface area (Å²) >= 11 is 6.96. The van der Waals surface area contributed by atoms with Crippen molar-refractivity contribution in [2.24, 2.45) is 0 Å². The summed E-state index contributed by atoms with van der Waals surface area (Å²) in [6.45, 7) is 1.68. The summed E-state index contributed by atoms with van der Waals surface area (Å²) in [6.07, 6.45) is -0.747. The maximum absolute atomic E-state index is 13.4. The number of aliphatic carboxylic acids is 1. The lowest BCUT2D eigenvalue weighted by molar-refractivity contribution is -0.140. The lowest BCUT2D eigenvalue weighted by atomic mass is 9.90. The Morgan fingerprint density at radius 1 is 1.09 bits per heavy atom. The summed E-state index contributed by atoms with van der Waals surface area (Å²) in [5.41, 5.74) is -1.67. The van der Waals surface area contributed by atoms with Crippen LogP contribution in [0.4, 0.5) is 4.79 Å². The van der Waals surface area contributed by atoms with Crippen LogP contribution in [0.3, 0.4) is 0 Å². The first-order valence-corrected chi connectivity index (χ1v) is 13.4. The zero-order chi connectivity index (χ0) is 25.3. The molecule has 1 aliphatic rings. The van der Waals surface area contributed by atoms with Gasteiger partial charge in [-0.25, -0.2) is 13.2 Å². The van der Waals surface area contributed by atoms with E-state index in [1.54, 1.807) is 67.6 Å². The van der Waals surface area contributed by atoms with Crippen molar-refractivity contribution < 1.29 is 27.9 Å². The van der Waals surface area contributed by atoms with Gasteiger partial charge >= 0.3 is 12.1 Å². The Hall–Kier alpha value is -2.92. The number of rotatable bonds is 9. The van der Waals surface area contributed by atoms with Crippen LogP contribution in [0.25, 0.3) is 10.4 Å². The zero-order valence-corrected chi connectivity index (χ0v) is 21.0. The molecule has 3 aromatic rings. The third kappa shape index (κ3) is 4.79. The second-order valence-electron chi connectivity index (χ2n) is 8.14. The highest BCUT2D eigenvalue weighted by atomic mass is 35.5. The Balaban J connectivity index is 1.66. The molecule has 0 radical (unpaired) electrons. The number of ether oxygens (including phenoxy) is 1. The molecule has 0 bridgehead atoms. The first kappa shape index (κ1) is 25.2. The van der Waals surface area contributed by atoms with E-state index in [4.69, 9.17) is 16.3 Å². The van der Waals surface area contributed by atoms with E-state index in [2.05, 4.69) is 10.0 Å². The Labute approximate surface area is 211 Å². The molecule has 11 heteroatoms. The maximum Gasteiger partial charge on any atom is 0.407 e. The van der Waals surface area contributed by atoms with Crippen LogP contribution in [0.15, 0.2) is 70.9 Å². The lowest BCUT2D eigenvalue weighted by Crippen LogP contribution is -2.51. The van der Waals surface area contributed by atoms with E-state index in [0.717, 1.165) is 16.9 Å². The van der Waals surface area contributed by atoms with Crippen LogP contribution in [0.2, 0.25) is 5.02 Å². The molecule has 1 amide bonds. The molecule has 1 fully saturated rings. The summed E-state index contributed by atoms with van der Waals surface area (Å²) in [5, 5.41) is 13.4.